The van der Waals surface area contributed by atoms with Gasteiger partial charge in [0.05, 0.1) is 4.88 Å². The molecule has 1 atom stereocenters. The summed E-state index contributed by atoms with van der Waals surface area (Å²) in [4.78, 5) is 12.5. The maximum atomic E-state index is 11.6. The van der Waals surface area contributed by atoms with E-state index in [1.807, 2.05) is 32.2 Å². The molecule has 0 saturated heterocycles. The summed E-state index contributed by atoms with van der Waals surface area (Å²) in [7, 11) is 0. The van der Waals surface area contributed by atoms with Crippen LogP contribution in [0.4, 0.5) is 0 Å². The van der Waals surface area contributed by atoms with E-state index < -0.39 is 0 Å². The molecule has 1 heterocycles. The highest BCUT2D eigenvalue weighted by Gasteiger charge is 2.14. The number of aryl methyl sites for hydroxylation is 1. The summed E-state index contributed by atoms with van der Waals surface area (Å²) in [5.41, 5.74) is 1.19. The number of carbonyl (C=O) groups is 1. The van der Waals surface area contributed by atoms with E-state index >= 15 is 0 Å². The Morgan fingerprint density at radius 2 is 2.33 bits per heavy atom. The first-order valence-corrected chi connectivity index (χ1v) is 5.12. The second-order valence-electron chi connectivity index (χ2n) is 3.16. The van der Waals surface area contributed by atoms with Crippen LogP contribution in [0.5, 0.6) is 0 Å². The van der Waals surface area contributed by atoms with Crippen LogP contribution in [0.3, 0.4) is 0 Å². The molecule has 1 rings (SSSR count). The molecule has 0 radical (unpaired) electrons. The fraction of sp³-hybridized carbons (Fsp3) is 0.500. The largest absolute Gasteiger partial charge is 0.293 e. The van der Waals surface area contributed by atoms with Crippen LogP contribution in [0.15, 0.2) is 11.4 Å². The van der Waals surface area contributed by atoms with Crippen molar-refractivity contribution >= 4 is 17.1 Å². The Kier molecular flexibility index (Phi) is 3.04. The third kappa shape index (κ3) is 1.95. The molecule has 0 N–H and O–H groups in total. The average molecular weight is 182 g/mol. The van der Waals surface area contributed by atoms with Crippen LogP contribution < -0.4 is 0 Å². The van der Waals surface area contributed by atoms with Crippen molar-refractivity contribution in [2.45, 2.75) is 27.2 Å². The van der Waals surface area contributed by atoms with E-state index in [2.05, 4.69) is 0 Å². The Morgan fingerprint density at radius 1 is 1.67 bits per heavy atom. The monoisotopic (exact) mass is 182 g/mol. The minimum absolute atomic E-state index is 0.169. The van der Waals surface area contributed by atoms with Gasteiger partial charge in [-0.25, -0.2) is 0 Å². The predicted octanol–water partition coefficient (Wildman–Crippen LogP) is 3.29. The molecule has 1 nitrogen and oxygen atoms in total. The van der Waals surface area contributed by atoms with Crippen molar-refractivity contribution in [1.82, 2.24) is 0 Å². The number of ketones is 1. The van der Waals surface area contributed by atoms with Gasteiger partial charge in [0.2, 0.25) is 0 Å². The second-order valence-corrected chi connectivity index (χ2v) is 4.07. The first kappa shape index (κ1) is 9.46. The third-order valence-electron chi connectivity index (χ3n) is 2.03. The van der Waals surface area contributed by atoms with Gasteiger partial charge >= 0.3 is 0 Å². The number of thiophene rings is 1. The predicted molar refractivity (Wildman–Crippen MR) is 52.8 cm³/mol. The van der Waals surface area contributed by atoms with Gasteiger partial charge in [0, 0.05) is 5.92 Å². The summed E-state index contributed by atoms with van der Waals surface area (Å²) in [6.07, 6.45) is 0.926. The standard InChI is InChI=1S/C10H14OS/c1-4-8(3)10(11)9-5-7(2)6-12-9/h5-6,8H,4H2,1-3H3. The first-order valence-electron chi connectivity index (χ1n) is 4.24. The van der Waals surface area contributed by atoms with Crippen molar-refractivity contribution in [1.29, 1.82) is 0 Å². The van der Waals surface area contributed by atoms with Gasteiger partial charge in [0.15, 0.2) is 5.78 Å². The molecule has 0 amide bonds. The van der Waals surface area contributed by atoms with Gasteiger partial charge in [-0.15, -0.1) is 11.3 Å². The van der Waals surface area contributed by atoms with Gasteiger partial charge < -0.3 is 0 Å². The maximum absolute atomic E-state index is 11.6. The zero-order valence-corrected chi connectivity index (χ0v) is 8.57. The molecular formula is C10H14OS. The fourth-order valence-corrected chi connectivity index (χ4v) is 1.94. The van der Waals surface area contributed by atoms with Crippen molar-refractivity contribution < 1.29 is 4.79 Å². The van der Waals surface area contributed by atoms with Crippen molar-refractivity contribution in [3.8, 4) is 0 Å². The van der Waals surface area contributed by atoms with Crippen molar-refractivity contribution in [2.75, 3.05) is 0 Å². The summed E-state index contributed by atoms with van der Waals surface area (Å²) in [5.74, 6) is 0.457. The van der Waals surface area contributed by atoms with E-state index in [4.69, 9.17) is 0 Å². The molecule has 66 valence electrons. The Bertz CT molecular complexity index is 275. The van der Waals surface area contributed by atoms with Gasteiger partial charge in [0.25, 0.3) is 0 Å². The highest BCUT2D eigenvalue weighted by atomic mass is 32.1. The van der Waals surface area contributed by atoms with Crippen LogP contribution in [0, 0.1) is 12.8 Å². The molecular weight excluding hydrogens is 168 g/mol. The van der Waals surface area contributed by atoms with Crippen LogP contribution in [-0.2, 0) is 0 Å². The molecule has 0 aliphatic heterocycles. The second kappa shape index (κ2) is 3.85. The van der Waals surface area contributed by atoms with Gasteiger partial charge in [-0.2, -0.15) is 0 Å². The molecule has 0 saturated carbocycles. The lowest BCUT2D eigenvalue weighted by Gasteiger charge is -2.03. The van der Waals surface area contributed by atoms with E-state index in [1.54, 1.807) is 11.3 Å². The Labute approximate surface area is 77.4 Å². The minimum atomic E-state index is 0.169. The van der Waals surface area contributed by atoms with Gasteiger partial charge in [-0.05, 0) is 30.4 Å². The lowest BCUT2D eigenvalue weighted by atomic mass is 10.0. The van der Waals surface area contributed by atoms with Gasteiger partial charge in [0.1, 0.15) is 0 Å². The van der Waals surface area contributed by atoms with E-state index in [9.17, 15) is 4.79 Å². The molecule has 0 fully saturated rings. The number of carbonyl (C=O) groups excluding carboxylic acids is 1. The first-order chi connectivity index (χ1) is 5.65. The molecule has 1 aromatic heterocycles. The average Bonchev–Trinajstić information content (AvgIpc) is 2.49. The summed E-state index contributed by atoms with van der Waals surface area (Å²) in [6.45, 7) is 6.05. The zero-order valence-electron chi connectivity index (χ0n) is 7.76. The van der Waals surface area contributed by atoms with Crippen molar-refractivity contribution in [3.63, 3.8) is 0 Å². The molecule has 2 heteroatoms. The normalized spacial score (nSPS) is 12.9. The number of Topliss-reactive ketones (excluding diaryl/α,β-unsaturated/α-hetero) is 1. The summed E-state index contributed by atoms with van der Waals surface area (Å²) in [6, 6.07) is 1.97. The minimum Gasteiger partial charge on any atom is -0.293 e. The molecule has 0 aliphatic carbocycles. The summed E-state index contributed by atoms with van der Waals surface area (Å²) >= 11 is 1.55. The quantitative estimate of drug-likeness (QED) is 0.656. The lowest BCUT2D eigenvalue weighted by molar-refractivity contribution is 0.0931. The van der Waals surface area contributed by atoms with Crippen LogP contribution in [0.1, 0.15) is 35.5 Å². The molecule has 1 aromatic rings. The molecule has 0 spiro atoms. The van der Waals surface area contributed by atoms with Crippen LogP contribution in [0.2, 0.25) is 0 Å². The number of hydrogen-bond acceptors (Lipinski definition) is 2. The van der Waals surface area contributed by atoms with Gasteiger partial charge in [-0.3, -0.25) is 4.79 Å². The highest BCUT2D eigenvalue weighted by molar-refractivity contribution is 7.12. The van der Waals surface area contributed by atoms with Crippen molar-refractivity contribution in [3.05, 3.63) is 21.9 Å². The Hall–Kier alpha value is -0.630. The van der Waals surface area contributed by atoms with E-state index in [0.717, 1.165) is 11.3 Å². The Morgan fingerprint density at radius 3 is 2.75 bits per heavy atom. The van der Waals surface area contributed by atoms with Crippen LogP contribution >= 0.6 is 11.3 Å². The van der Waals surface area contributed by atoms with Gasteiger partial charge in [-0.1, -0.05) is 13.8 Å². The maximum Gasteiger partial charge on any atom is 0.175 e. The molecule has 0 aliphatic rings. The van der Waals surface area contributed by atoms with Crippen LogP contribution in [0.25, 0.3) is 0 Å². The fourth-order valence-electron chi connectivity index (χ4n) is 0.989. The molecule has 1 unspecified atom stereocenters. The van der Waals surface area contributed by atoms with Crippen molar-refractivity contribution in [2.24, 2.45) is 5.92 Å². The highest BCUT2D eigenvalue weighted by Crippen LogP contribution is 2.19. The van der Waals surface area contributed by atoms with E-state index in [1.165, 1.54) is 5.56 Å². The smallest absolute Gasteiger partial charge is 0.175 e. The lowest BCUT2D eigenvalue weighted by Crippen LogP contribution is -2.07. The van der Waals surface area contributed by atoms with Crippen LogP contribution in [-0.4, -0.2) is 5.78 Å². The topological polar surface area (TPSA) is 17.1 Å². The molecule has 0 bridgehead atoms. The number of rotatable bonds is 3. The number of hydrogen-bond donors (Lipinski definition) is 0. The summed E-state index contributed by atoms with van der Waals surface area (Å²) in [5, 5.41) is 2.02. The van der Waals surface area contributed by atoms with E-state index in [0.29, 0.717) is 0 Å². The molecule has 12 heavy (non-hydrogen) atoms. The summed E-state index contributed by atoms with van der Waals surface area (Å²) < 4.78 is 0. The van der Waals surface area contributed by atoms with E-state index in [-0.39, 0.29) is 11.7 Å². The third-order valence-corrected chi connectivity index (χ3v) is 3.10. The molecule has 0 aromatic carbocycles. The zero-order chi connectivity index (χ0) is 9.14. The SMILES string of the molecule is CCC(C)C(=O)c1cc(C)cs1. The Balaban J connectivity index is 2.78.